The highest BCUT2D eigenvalue weighted by molar-refractivity contribution is 6.31. The molecule has 168 valence electrons. The Balaban J connectivity index is 1.37. The number of nitrogens with one attached hydrogen (secondary N) is 1. The highest BCUT2D eigenvalue weighted by atomic mass is 35.5. The lowest BCUT2D eigenvalue weighted by atomic mass is 10.2. The molecule has 5 rings (SSSR count). The van der Waals surface area contributed by atoms with Gasteiger partial charge >= 0.3 is 0 Å². The topological polar surface area (TPSA) is 98.3 Å². The number of unbranched alkanes of at least 4 members (excludes halogenated alkanes) is 1. The summed E-state index contributed by atoms with van der Waals surface area (Å²) < 4.78 is 34.7. The second-order valence-corrected chi connectivity index (χ2v) is 7.88. The van der Waals surface area contributed by atoms with Gasteiger partial charge in [-0.2, -0.15) is 5.10 Å². The van der Waals surface area contributed by atoms with Gasteiger partial charge in [0.2, 0.25) is 0 Å². The van der Waals surface area contributed by atoms with Gasteiger partial charge in [-0.15, -0.1) is 0 Å². The molecule has 0 saturated carbocycles. The number of imidazole rings is 2. The van der Waals surface area contributed by atoms with Crippen LogP contribution in [-0.2, 0) is 13.0 Å². The lowest BCUT2D eigenvalue weighted by Crippen LogP contribution is -2.04. The number of aromatic amines is 1. The summed E-state index contributed by atoms with van der Waals surface area (Å²) in [5, 5.41) is 8.73. The Kier molecular flexibility index (Phi) is 5.59. The average Bonchev–Trinajstić information content (AvgIpc) is 3.52. The number of aryl methyl sites for hydroxylation is 1. The summed E-state index contributed by atoms with van der Waals surface area (Å²) in [6.07, 6.45) is 6.03. The predicted octanol–water partition coefficient (Wildman–Crippen LogP) is 5.15. The Morgan fingerprint density at radius 2 is 1.97 bits per heavy atom. The summed E-state index contributed by atoms with van der Waals surface area (Å²) in [6.45, 7) is 2.38. The molecule has 0 amide bonds. The van der Waals surface area contributed by atoms with Crippen molar-refractivity contribution in [2.45, 2.75) is 32.7 Å². The molecule has 33 heavy (non-hydrogen) atoms. The number of hydrogen-bond acceptors (Lipinski definition) is 6. The molecule has 2 aliphatic rings. The van der Waals surface area contributed by atoms with E-state index in [4.69, 9.17) is 16.1 Å². The molecule has 11 heteroatoms. The van der Waals surface area contributed by atoms with Crippen molar-refractivity contribution in [1.82, 2.24) is 34.9 Å². The first kappa shape index (κ1) is 21.2. The van der Waals surface area contributed by atoms with E-state index >= 15 is 0 Å². The molecule has 1 aromatic carbocycles. The largest absolute Gasteiger partial charge is 0.359 e. The third kappa shape index (κ3) is 4.21. The molecule has 0 atom stereocenters. The van der Waals surface area contributed by atoms with Gasteiger partial charge in [0.1, 0.15) is 35.1 Å². The van der Waals surface area contributed by atoms with Gasteiger partial charge in [0.05, 0.1) is 18.0 Å². The Hall–Kier alpha value is -3.66. The van der Waals surface area contributed by atoms with E-state index in [2.05, 4.69) is 37.1 Å². The molecule has 0 fully saturated rings. The normalized spacial score (nSPS) is 11.5. The van der Waals surface area contributed by atoms with Crippen LogP contribution in [0.4, 0.5) is 8.78 Å². The summed E-state index contributed by atoms with van der Waals surface area (Å²) in [6, 6.07) is 5.64. The van der Waals surface area contributed by atoms with E-state index in [-0.39, 0.29) is 17.9 Å². The summed E-state index contributed by atoms with van der Waals surface area (Å²) in [7, 11) is 0. The van der Waals surface area contributed by atoms with Gasteiger partial charge in [-0.3, -0.25) is 4.68 Å². The van der Waals surface area contributed by atoms with Crippen LogP contribution in [-0.4, -0.2) is 34.9 Å². The molecule has 3 aromatic rings. The van der Waals surface area contributed by atoms with Crippen LogP contribution < -0.4 is 0 Å². The molecule has 0 spiro atoms. The van der Waals surface area contributed by atoms with Gasteiger partial charge < -0.3 is 9.51 Å². The van der Waals surface area contributed by atoms with Crippen LogP contribution in [0.5, 0.6) is 0 Å². The molecule has 2 aliphatic heterocycles. The standard InChI is InChI=1S/C22H18ClF2N7O/c1-2-3-7-18-29-20(21(23)30-18)15-8-12(33-31-15)10-32-11-17-16(9-26-32)27-22(28-17)13-5-4-6-14(24)19(13)25/h4-6,8-9,11H,2-3,7,10H2,1H3,(H,29,30). The molecular formula is C22H18ClF2N7O. The quantitative estimate of drug-likeness (QED) is 0.354. The molecule has 1 N–H and O–H groups in total. The Morgan fingerprint density at radius 3 is 2.82 bits per heavy atom. The second-order valence-electron chi connectivity index (χ2n) is 7.52. The van der Waals surface area contributed by atoms with E-state index in [1.165, 1.54) is 18.3 Å². The summed E-state index contributed by atoms with van der Waals surface area (Å²) in [5.41, 5.74) is 2.10. The first-order chi connectivity index (χ1) is 16.0. The van der Waals surface area contributed by atoms with Gasteiger partial charge in [0.15, 0.2) is 28.4 Å². The van der Waals surface area contributed by atoms with Crippen molar-refractivity contribution in [2.24, 2.45) is 0 Å². The number of H-pyrrole nitrogens is 1. The van der Waals surface area contributed by atoms with Gasteiger partial charge in [0, 0.05) is 12.5 Å². The maximum absolute atomic E-state index is 14.1. The van der Waals surface area contributed by atoms with E-state index in [0.29, 0.717) is 33.7 Å². The number of aromatic nitrogens is 7. The number of fused-ring (bicyclic) bond motifs is 1. The highest BCUT2D eigenvalue weighted by Gasteiger charge is 2.19. The van der Waals surface area contributed by atoms with Gasteiger partial charge in [-0.05, 0) is 18.6 Å². The van der Waals surface area contributed by atoms with Crippen molar-refractivity contribution in [3.8, 4) is 34.2 Å². The van der Waals surface area contributed by atoms with Gasteiger partial charge in [-0.25, -0.2) is 23.7 Å². The zero-order valence-electron chi connectivity index (χ0n) is 17.5. The van der Waals surface area contributed by atoms with Crippen LogP contribution in [0.2, 0.25) is 5.15 Å². The summed E-state index contributed by atoms with van der Waals surface area (Å²) >= 11 is 6.26. The van der Waals surface area contributed by atoms with Crippen molar-refractivity contribution in [3.63, 3.8) is 0 Å². The lowest BCUT2D eigenvalue weighted by Gasteiger charge is -2.03. The third-order valence-corrected chi connectivity index (χ3v) is 5.39. The minimum atomic E-state index is -0.988. The summed E-state index contributed by atoms with van der Waals surface area (Å²) in [4.78, 5) is 16.1. The number of halogens is 3. The van der Waals surface area contributed by atoms with Crippen molar-refractivity contribution >= 4 is 11.6 Å². The van der Waals surface area contributed by atoms with Crippen molar-refractivity contribution in [3.05, 3.63) is 65.0 Å². The van der Waals surface area contributed by atoms with Crippen LogP contribution >= 0.6 is 11.6 Å². The number of benzene rings is 1. The fourth-order valence-corrected chi connectivity index (χ4v) is 3.69. The maximum atomic E-state index is 14.1. The fraction of sp³-hybridized carbons (Fsp3) is 0.227. The first-order valence-electron chi connectivity index (χ1n) is 10.4. The lowest BCUT2D eigenvalue weighted by molar-refractivity contribution is 0.372. The van der Waals surface area contributed by atoms with Crippen LogP contribution in [0.15, 0.2) is 41.2 Å². The Labute approximate surface area is 192 Å². The number of hydrogen-bond donors (Lipinski definition) is 1. The third-order valence-electron chi connectivity index (χ3n) is 5.12. The van der Waals surface area contributed by atoms with E-state index in [1.807, 2.05) is 0 Å². The Morgan fingerprint density at radius 1 is 1.12 bits per heavy atom. The van der Waals surface area contributed by atoms with Gasteiger partial charge in [-0.1, -0.05) is 36.2 Å². The molecule has 0 bridgehead atoms. The maximum Gasteiger partial charge on any atom is 0.169 e. The molecule has 0 unspecified atom stereocenters. The molecule has 0 saturated heterocycles. The zero-order valence-corrected chi connectivity index (χ0v) is 18.3. The predicted molar refractivity (Wildman–Crippen MR) is 117 cm³/mol. The van der Waals surface area contributed by atoms with E-state index < -0.39 is 11.6 Å². The van der Waals surface area contributed by atoms with Crippen LogP contribution in [0.3, 0.4) is 0 Å². The highest BCUT2D eigenvalue weighted by Crippen LogP contribution is 2.28. The van der Waals surface area contributed by atoms with Crippen LogP contribution in [0.25, 0.3) is 34.2 Å². The SMILES string of the molecule is CCCCc1nc(Cl)c(-c2cc(Cn3cc4nc(-c5cccc(F)c5F)nc-4cn3)on2)[nH]1. The minimum absolute atomic E-state index is 0.00707. The van der Waals surface area contributed by atoms with E-state index in [1.54, 1.807) is 16.9 Å². The molecule has 0 radical (unpaired) electrons. The smallest absolute Gasteiger partial charge is 0.169 e. The molecule has 8 nitrogen and oxygen atoms in total. The van der Waals surface area contributed by atoms with Crippen LogP contribution in [0, 0.1) is 11.6 Å². The van der Waals surface area contributed by atoms with E-state index in [9.17, 15) is 8.78 Å². The van der Waals surface area contributed by atoms with Crippen LogP contribution in [0.1, 0.15) is 31.4 Å². The van der Waals surface area contributed by atoms with Gasteiger partial charge in [0.25, 0.3) is 0 Å². The monoisotopic (exact) mass is 469 g/mol. The zero-order chi connectivity index (χ0) is 22.9. The molecular weight excluding hydrogens is 452 g/mol. The number of nitrogens with zero attached hydrogens (tertiary/aromatic N) is 6. The van der Waals surface area contributed by atoms with Crippen molar-refractivity contribution in [1.29, 1.82) is 0 Å². The van der Waals surface area contributed by atoms with Crippen molar-refractivity contribution < 1.29 is 13.3 Å². The molecule has 4 heterocycles. The average molecular weight is 470 g/mol. The fourth-order valence-electron chi connectivity index (χ4n) is 3.44. The first-order valence-corrected chi connectivity index (χ1v) is 10.7. The molecule has 0 aliphatic carbocycles. The number of rotatable bonds is 7. The minimum Gasteiger partial charge on any atom is -0.359 e. The molecule has 2 aromatic heterocycles. The second kappa shape index (κ2) is 8.70. The van der Waals surface area contributed by atoms with E-state index in [0.717, 1.165) is 31.2 Å². The Bertz CT molecular complexity index is 1390. The van der Waals surface area contributed by atoms with Crippen molar-refractivity contribution in [2.75, 3.05) is 0 Å². The summed E-state index contributed by atoms with van der Waals surface area (Å²) in [5.74, 6) is -0.498.